The summed E-state index contributed by atoms with van der Waals surface area (Å²) in [6.07, 6.45) is 0. The molecule has 0 saturated heterocycles. The van der Waals surface area contributed by atoms with E-state index >= 15 is 0 Å². The van der Waals surface area contributed by atoms with E-state index in [4.69, 9.17) is 9.15 Å². The van der Waals surface area contributed by atoms with Gasteiger partial charge >= 0.3 is 0 Å². The molecule has 1 aromatic heterocycles. The summed E-state index contributed by atoms with van der Waals surface area (Å²) in [5, 5.41) is 0. The zero-order valence-electron chi connectivity index (χ0n) is 8.67. The lowest BCUT2D eigenvalue weighted by Gasteiger charge is -2.06. The van der Waals surface area contributed by atoms with Crippen molar-refractivity contribution in [1.82, 2.24) is 0 Å². The minimum atomic E-state index is -0.365. The standard InChI is InChI=1S/C12H10BrFO2/c1-8-2-4-10(14)11(6-8)15-7-9-3-5-12(13)16-9/h2-6H,7H2,1H3. The van der Waals surface area contributed by atoms with Crippen LogP contribution in [0.25, 0.3) is 0 Å². The van der Waals surface area contributed by atoms with Crippen molar-refractivity contribution in [1.29, 1.82) is 0 Å². The molecule has 2 aromatic rings. The van der Waals surface area contributed by atoms with Crippen LogP contribution in [0.5, 0.6) is 5.75 Å². The zero-order valence-corrected chi connectivity index (χ0v) is 10.3. The number of ether oxygens (including phenoxy) is 1. The Morgan fingerprint density at radius 3 is 2.81 bits per heavy atom. The van der Waals surface area contributed by atoms with Gasteiger partial charge in [-0.2, -0.15) is 0 Å². The van der Waals surface area contributed by atoms with Crippen molar-refractivity contribution in [2.75, 3.05) is 0 Å². The molecule has 0 N–H and O–H groups in total. The second-order valence-corrected chi connectivity index (χ2v) is 4.21. The summed E-state index contributed by atoms with van der Waals surface area (Å²) in [5.74, 6) is 0.525. The summed E-state index contributed by atoms with van der Waals surface area (Å²) in [5.41, 5.74) is 0.956. The van der Waals surface area contributed by atoms with Crippen LogP contribution in [-0.4, -0.2) is 0 Å². The Bertz CT molecular complexity index is 494. The van der Waals surface area contributed by atoms with Gasteiger partial charge in [-0.1, -0.05) is 6.07 Å². The molecule has 2 rings (SSSR count). The Morgan fingerprint density at radius 2 is 2.12 bits per heavy atom. The zero-order chi connectivity index (χ0) is 11.5. The van der Waals surface area contributed by atoms with Crippen molar-refractivity contribution in [3.05, 3.63) is 52.1 Å². The maximum atomic E-state index is 13.3. The minimum absolute atomic E-state index is 0.214. The van der Waals surface area contributed by atoms with Crippen molar-refractivity contribution in [3.63, 3.8) is 0 Å². The van der Waals surface area contributed by atoms with Crippen molar-refractivity contribution in [3.8, 4) is 5.75 Å². The maximum Gasteiger partial charge on any atom is 0.169 e. The lowest BCUT2D eigenvalue weighted by Crippen LogP contribution is -1.96. The van der Waals surface area contributed by atoms with Gasteiger partial charge in [0.05, 0.1) is 0 Å². The first-order chi connectivity index (χ1) is 7.65. The summed E-state index contributed by atoms with van der Waals surface area (Å²) in [6.45, 7) is 2.10. The molecule has 2 nitrogen and oxygen atoms in total. The maximum absolute atomic E-state index is 13.3. The Morgan fingerprint density at radius 1 is 1.31 bits per heavy atom. The molecule has 1 aromatic carbocycles. The van der Waals surface area contributed by atoms with Crippen molar-refractivity contribution in [2.24, 2.45) is 0 Å². The van der Waals surface area contributed by atoms with Gasteiger partial charge in [0.25, 0.3) is 0 Å². The fourth-order valence-corrected chi connectivity index (χ4v) is 1.64. The highest BCUT2D eigenvalue weighted by Gasteiger charge is 2.05. The summed E-state index contributed by atoms with van der Waals surface area (Å²) in [7, 11) is 0. The van der Waals surface area contributed by atoms with E-state index in [1.807, 2.05) is 6.92 Å². The highest BCUT2D eigenvalue weighted by atomic mass is 79.9. The third-order valence-corrected chi connectivity index (χ3v) is 2.51. The SMILES string of the molecule is Cc1ccc(F)c(OCc2ccc(Br)o2)c1. The molecule has 0 radical (unpaired) electrons. The van der Waals surface area contributed by atoms with Gasteiger partial charge in [-0.3, -0.25) is 0 Å². The van der Waals surface area contributed by atoms with Crippen molar-refractivity contribution < 1.29 is 13.5 Å². The molecule has 0 spiro atoms. The molecule has 4 heteroatoms. The van der Waals surface area contributed by atoms with E-state index < -0.39 is 0 Å². The fraction of sp³-hybridized carbons (Fsp3) is 0.167. The third-order valence-electron chi connectivity index (χ3n) is 2.09. The highest BCUT2D eigenvalue weighted by molar-refractivity contribution is 9.10. The van der Waals surface area contributed by atoms with Crippen LogP contribution in [0.3, 0.4) is 0 Å². The monoisotopic (exact) mass is 284 g/mol. The van der Waals surface area contributed by atoms with Crippen LogP contribution < -0.4 is 4.74 Å². The molecule has 0 fully saturated rings. The molecule has 0 amide bonds. The molecule has 0 aliphatic rings. The molecular formula is C12H10BrFO2. The predicted molar refractivity (Wildman–Crippen MR) is 61.9 cm³/mol. The van der Waals surface area contributed by atoms with Gasteiger partial charge in [0.15, 0.2) is 16.2 Å². The smallest absolute Gasteiger partial charge is 0.169 e. The normalized spacial score (nSPS) is 10.4. The van der Waals surface area contributed by atoms with Crippen LogP contribution in [0.2, 0.25) is 0 Å². The van der Waals surface area contributed by atoms with Gasteiger partial charge in [-0.05, 0) is 52.7 Å². The Labute approximate surface area is 101 Å². The minimum Gasteiger partial charge on any atom is -0.483 e. The van der Waals surface area contributed by atoms with E-state index in [2.05, 4.69) is 15.9 Å². The van der Waals surface area contributed by atoms with Crippen molar-refractivity contribution in [2.45, 2.75) is 13.5 Å². The Kier molecular flexibility index (Phi) is 3.29. The fourth-order valence-electron chi connectivity index (χ4n) is 1.30. The molecular weight excluding hydrogens is 275 g/mol. The molecule has 0 bridgehead atoms. The number of aryl methyl sites for hydroxylation is 1. The predicted octanol–water partition coefficient (Wildman–Crippen LogP) is 4.07. The first-order valence-electron chi connectivity index (χ1n) is 4.78. The molecule has 0 aliphatic heterocycles. The topological polar surface area (TPSA) is 22.4 Å². The van der Waals surface area contributed by atoms with Gasteiger partial charge in [-0.15, -0.1) is 0 Å². The molecule has 0 atom stereocenters. The van der Waals surface area contributed by atoms with Gasteiger partial charge in [-0.25, -0.2) is 4.39 Å². The Hall–Kier alpha value is -1.29. The number of benzene rings is 1. The second kappa shape index (κ2) is 4.70. The highest BCUT2D eigenvalue weighted by Crippen LogP contribution is 2.21. The van der Waals surface area contributed by atoms with E-state index in [1.54, 1.807) is 24.3 Å². The largest absolute Gasteiger partial charge is 0.483 e. The van der Waals surface area contributed by atoms with Gasteiger partial charge in [0, 0.05) is 0 Å². The molecule has 84 valence electrons. The van der Waals surface area contributed by atoms with Crippen molar-refractivity contribution >= 4 is 15.9 Å². The summed E-state index contributed by atoms with van der Waals surface area (Å²) in [4.78, 5) is 0. The lowest BCUT2D eigenvalue weighted by molar-refractivity contribution is 0.256. The van der Waals surface area contributed by atoms with E-state index in [1.165, 1.54) is 6.07 Å². The van der Waals surface area contributed by atoms with Crippen LogP contribution in [0.1, 0.15) is 11.3 Å². The van der Waals surface area contributed by atoms with Crippen LogP contribution >= 0.6 is 15.9 Å². The van der Waals surface area contributed by atoms with E-state index in [-0.39, 0.29) is 18.2 Å². The Balaban J connectivity index is 2.07. The molecule has 0 unspecified atom stereocenters. The first-order valence-corrected chi connectivity index (χ1v) is 5.57. The van der Waals surface area contributed by atoms with Crippen LogP contribution in [0, 0.1) is 12.7 Å². The van der Waals surface area contributed by atoms with E-state index in [0.717, 1.165) is 5.56 Å². The van der Waals surface area contributed by atoms with E-state index in [0.29, 0.717) is 10.4 Å². The van der Waals surface area contributed by atoms with Gasteiger partial charge < -0.3 is 9.15 Å². The lowest BCUT2D eigenvalue weighted by atomic mass is 10.2. The van der Waals surface area contributed by atoms with Gasteiger partial charge in [0.1, 0.15) is 12.4 Å². The average molecular weight is 285 g/mol. The van der Waals surface area contributed by atoms with Crippen LogP contribution in [0.4, 0.5) is 4.39 Å². The van der Waals surface area contributed by atoms with Gasteiger partial charge in [0.2, 0.25) is 0 Å². The molecule has 16 heavy (non-hydrogen) atoms. The summed E-state index contributed by atoms with van der Waals surface area (Å²) < 4.78 is 24.5. The van der Waals surface area contributed by atoms with Crippen LogP contribution in [-0.2, 0) is 6.61 Å². The molecule has 1 heterocycles. The second-order valence-electron chi connectivity index (χ2n) is 3.43. The summed E-state index contributed by atoms with van der Waals surface area (Å²) in [6, 6.07) is 8.30. The van der Waals surface area contributed by atoms with E-state index in [9.17, 15) is 4.39 Å². The third kappa shape index (κ3) is 2.64. The number of hydrogen-bond acceptors (Lipinski definition) is 2. The number of furan rings is 1. The number of halogens is 2. The average Bonchev–Trinajstić information content (AvgIpc) is 2.66. The number of rotatable bonds is 3. The summed E-state index contributed by atoms with van der Waals surface area (Å²) >= 11 is 3.19. The number of hydrogen-bond donors (Lipinski definition) is 0. The quantitative estimate of drug-likeness (QED) is 0.848. The molecule has 0 aliphatic carbocycles. The van der Waals surface area contributed by atoms with Crippen LogP contribution in [0.15, 0.2) is 39.4 Å². The molecule has 0 saturated carbocycles. The first kappa shape index (κ1) is 11.2.